The molecule has 0 spiro atoms. The van der Waals surface area contributed by atoms with Crippen molar-refractivity contribution >= 4 is 22.0 Å². The Bertz CT molecular complexity index is 921. The molecule has 130 valence electrons. The zero-order valence-electron chi connectivity index (χ0n) is 13.1. The number of primary sulfonamides is 1. The summed E-state index contributed by atoms with van der Waals surface area (Å²) in [6, 6.07) is 11.4. The summed E-state index contributed by atoms with van der Waals surface area (Å²) in [6.07, 6.45) is 3.08. The second-order valence-corrected chi connectivity index (χ2v) is 6.91. The smallest absolute Gasteiger partial charge is 0.244 e. The molecule has 1 aliphatic rings. The van der Waals surface area contributed by atoms with Gasteiger partial charge in [0.2, 0.25) is 22.7 Å². The summed E-state index contributed by atoms with van der Waals surface area (Å²) in [6.45, 7) is 0.475. The highest BCUT2D eigenvalue weighted by atomic mass is 32.2. The van der Waals surface area contributed by atoms with Crippen LogP contribution in [0.15, 0.2) is 53.4 Å². The fourth-order valence-electron chi connectivity index (χ4n) is 2.23. The molecular formula is C17H16N2O5S. The van der Waals surface area contributed by atoms with Gasteiger partial charge in [-0.05, 0) is 41.5 Å². The molecule has 1 aliphatic heterocycles. The number of nitrogens with one attached hydrogen (secondary N) is 1. The molecule has 1 heterocycles. The Balaban J connectivity index is 1.56. The van der Waals surface area contributed by atoms with Crippen molar-refractivity contribution in [2.75, 3.05) is 6.79 Å². The van der Waals surface area contributed by atoms with Gasteiger partial charge in [0.15, 0.2) is 11.5 Å². The van der Waals surface area contributed by atoms with Crippen molar-refractivity contribution in [1.29, 1.82) is 0 Å². The van der Waals surface area contributed by atoms with Crippen LogP contribution in [0.25, 0.3) is 6.08 Å². The highest BCUT2D eigenvalue weighted by Crippen LogP contribution is 2.32. The number of carbonyl (C=O) groups excluding carboxylic acids is 1. The summed E-state index contributed by atoms with van der Waals surface area (Å²) in [5.41, 5.74) is 1.58. The van der Waals surface area contributed by atoms with Crippen LogP contribution in [-0.2, 0) is 21.4 Å². The van der Waals surface area contributed by atoms with Gasteiger partial charge in [0.1, 0.15) is 0 Å². The van der Waals surface area contributed by atoms with Gasteiger partial charge in [-0.25, -0.2) is 13.6 Å². The Morgan fingerprint density at radius 3 is 2.56 bits per heavy atom. The minimum absolute atomic E-state index is 0.0327. The Labute approximate surface area is 145 Å². The lowest BCUT2D eigenvalue weighted by molar-refractivity contribution is -0.116. The van der Waals surface area contributed by atoms with E-state index in [0.29, 0.717) is 11.5 Å². The van der Waals surface area contributed by atoms with Gasteiger partial charge in [0.05, 0.1) is 4.90 Å². The topological polar surface area (TPSA) is 108 Å². The second-order valence-electron chi connectivity index (χ2n) is 5.35. The molecule has 1 amide bonds. The Morgan fingerprint density at radius 1 is 1.12 bits per heavy atom. The molecule has 0 aliphatic carbocycles. The van der Waals surface area contributed by atoms with Crippen LogP contribution < -0.4 is 19.9 Å². The third kappa shape index (κ3) is 4.37. The summed E-state index contributed by atoms with van der Waals surface area (Å²) in [5.74, 6) is 1.07. The van der Waals surface area contributed by atoms with Crippen LogP contribution >= 0.6 is 0 Å². The van der Waals surface area contributed by atoms with Gasteiger partial charge in [-0.2, -0.15) is 0 Å². The molecule has 0 unspecified atom stereocenters. The van der Waals surface area contributed by atoms with E-state index in [0.717, 1.165) is 11.1 Å². The zero-order valence-corrected chi connectivity index (χ0v) is 14.0. The van der Waals surface area contributed by atoms with E-state index >= 15 is 0 Å². The number of fused-ring (bicyclic) bond motifs is 1. The summed E-state index contributed by atoms with van der Waals surface area (Å²) >= 11 is 0. The van der Waals surface area contributed by atoms with Gasteiger partial charge in [0, 0.05) is 12.6 Å². The van der Waals surface area contributed by atoms with Gasteiger partial charge >= 0.3 is 0 Å². The van der Waals surface area contributed by atoms with E-state index in [1.165, 1.54) is 18.2 Å². The molecule has 0 fully saturated rings. The van der Waals surface area contributed by atoms with E-state index in [1.807, 2.05) is 6.07 Å². The average Bonchev–Trinajstić information content (AvgIpc) is 3.05. The van der Waals surface area contributed by atoms with Crippen LogP contribution in [0.5, 0.6) is 11.5 Å². The number of carbonyl (C=O) groups is 1. The van der Waals surface area contributed by atoms with Crippen LogP contribution in [0.3, 0.4) is 0 Å². The number of benzene rings is 2. The van der Waals surface area contributed by atoms with Gasteiger partial charge in [0.25, 0.3) is 0 Å². The van der Waals surface area contributed by atoms with Crippen LogP contribution in [0.2, 0.25) is 0 Å². The number of hydrogen-bond acceptors (Lipinski definition) is 5. The highest BCUT2D eigenvalue weighted by Gasteiger charge is 2.12. The molecule has 25 heavy (non-hydrogen) atoms. The van der Waals surface area contributed by atoms with E-state index in [2.05, 4.69) is 5.32 Å². The van der Waals surface area contributed by atoms with Crippen LogP contribution in [0.4, 0.5) is 0 Å². The van der Waals surface area contributed by atoms with Crippen LogP contribution in [-0.4, -0.2) is 21.1 Å². The van der Waals surface area contributed by atoms with E-state index < -0.39 is 10.0 Å². The van der Waals surface area contributed by atoms with Crippen molar-refractivity contribution in [3.63, 3.8) is 0 Å². The first-order valence-corrected chi connectivity index (χ1v) is 8.94. The lowest BCUT2D eigenvalue weighted by Gasteiger charge is -2.04. The minimum atomic E-state index is -3.71. The molecule has 2 aromatic rings. The maximum Gasteiger partial charge on any atom is 0.244 e. The third-order valence-electron chi connectivity index (χ3n) is 3.54. The summed E-state index contributed by atoms with van der Waals surface area (Å²) in [4.78, 5) is 11.9. The molecule has 3 N–H and O–H groups in total. The first kappa shape index (κ1) is 17.0. The molecule has 0 radical (unpaired) electrons. The molecule has 2 aromatic carbocycles. The van der Waals surface area contributed by atoms with E-state index in [-0.39, 0.29) is 24.1 Å². The molecule has 0 saturated carbocycles. The molecular weight excluding hydrogens is 344 g/mol. The maximum atomic E-state index is 11.9. The molecule has 8 heteroatoms. The summed E-state index contributed by atoms with van der Waals surface area (Å²) < 4.78 is 32.9. The SMILES string of the molecule is NS(=O)(=O)c1ccc(CNC(=O)C=Cc2ccc3c(c2)OCO3)cc1. The molecule has 7 nitrogen and oxygen atoms in total. The Kier molecular flexibility index (Phi) is 4.73. The fraction of sp³-hybridized carbons (Fsp3) is 0.118. The number of hydrogen-bond donors (Lipinski definition) is 2. The first-order valence-electron chi connectivity index (χ1n) is 7.39. The fourth-order valence-corrected chi connectivity index (χ4v) is 2.75. The minimum Gasteiger partial charge on any atom is -0.454 e. The maximum absolute atomic E-state index is 11.9. The third-order valence-corrected chi connectivity index (χ3v) is 4.47. The number of rotatable bonds is 5. The standard InChI is InChI=1S/C17H16N2O5S/c18-25(21,22)14-5-1-13(2-6-14)10-19-17(20)8-4-12-3-7-15-16(9-12)24-11-23-15/h1-9H,10-11H2,(H,19,20)(H2,18,21,22). The predicted molar refractivity (Wildman–Crippen MR) is 91.3 cm³/mol. The lowest BCUT2D eigenvalue weighted by atomic mass is 10.2. The van der Waals surface area contributed by atoms with Gasteiger partial charge in [-0.15, -0.1) is 0 Å². The summed E-state index contributed by atoms with van der Waals surface area (Å²) in [7, 11) is -3.71. The van der Waals surface area contributed by atoms with E-state index in [1.54, 1.807) is 30.3 Å². The Hall–Kier alpha value is -2.84. The van der Waals surface area contributed by atoms with E-state index in [4.69, 9.17) is 14.6 Å². The van der Waals surface area contributed by atoms with Gasteiger partial charge < -0.3 is 14.8 Å². The van der Waals surface area contributed by atoms with Gasteiger partial charge in [-0.3, -0.25) is 4.79 Å². The molecule has 0 saturated heterocycles. The van der Waals surface area contributed by atoms with Crippen molar-refractivity contribution in [2.24, 2.45) is 5.14 Å². The molecule has 3 rings (SSSR count). The van der Waals surface area contributed by atoms with Crippen LogP contribution in [0.1, 0.15) is 11.1 Å². The summed E-state index contributed by atoms with van der Waals surface area (Å²) in [5, 5.41) is 7.75. The number of amides is 1. The first-order chi connectivity index (χ1) is 11.9. The van der Waals surface area contributed by atoms with Crippen molar-refractivity contribution < 1.29 is 22.7 Å². The number of sulfonamides is 1. The van der Waals surface area contributed by atoms with E-state index in [9.17, 15) is 13.2 Å². The highest BCUT2D eigenvalue weighted by molar-refractivity contribution is 7.89. The van der Waals surface area contributed by atoms with Crippen LogP contribution in [0, 0.1) is 0 Å². The normalized spacial score (nSPS) is 13.2. The van der Waals surface area contributed by atoms with Crippen molar-refractivity contribution in [2.45, 2.75) is 11.4 Å². The van der Waals surface area contributed by atoms with Crippen molar-refractivity contribution in [3.8, 4) is 11.5 Å². The number of ether oxygens (including phenoxy) is 2. The van der Waals surface area contributed by atoms with Crippen molar-refractivity contribution in [1.82, 2.24) is 5.32 Å². The largest absolute Gasteiger partial charge is 0.454 e. The number of nitrogens with two attached hydrogens (primary N) is 1. The molecule has 0 atom stereocenters. The average molecular weight is 360 g/mol. The quantitative estimate of drug-likeness (QED) is 0.784. The van der Waals surface area contributed by atoms with Gasteiger partial charge in [-0.1, -0.05) is 18.2 Å². The van der Waals surface area contributed by atoms with Crippen molar-refractivity contribution in [3.05, 3.63) is 59.7 Å². The monoisotopic (exact) mass is 360 g/mol. The molecule has 0 bridgehead atoms. The lowest BCUT2D eigenvalue weighted by Crippen LogP contribution is -2.20. The molecule has 0 aromatic heterocycles. The second kappa shape index (κ2) is 6.96. The zero-order chi connectivity index (χ0) is 17.9. The Morgan fingerprint density at radius 2 is 1.84 bits per heavy atom. The predicted octanol–water partition coefficient (Wildman–Crippen LogP) is 1.39.